The Morgan fingerprint density at radius 2 is 1.86 bits per heavy atom. The van der Waals surface area contributed by atoms with Crippen molar-refractivity contribution in [3.05, 3.63) is 65.7 Å². The number of benzene rings is 2. The summed E-state index contributed by atoms with van der Waals surface area (Å²) in [6.07, 6.45) is 0. The Hall–Kier alpha value is -2.20. The number of nitrogens with one attached hydrogen (secondary N) is 1. The van der Waals surface area contributed by atoms with Crippen molar-refractivity contribution in [1.82, 2.24) is 14.9 Å². The van der Waals surface area contributed by atoms with Crippen LogP contribution in [0.5, 0.6) is 0 Å². The number of hydrogen-bond acceptors (Lipinski definition) is 2. The molecule has 1 heterocycles. The van der Waals surface area contributed by atoms with Crippen LogP contribution in [0.3, 0.4) is 0 Å². The molecule has 0 radical (unpaired) electrons. The predicted octanol–water partition coefficient (Wildman–Crippen LogP) is 3.56. The zero-order valence-electron chi connectivity index (χ0n) is 12.2. The maximum absolute atomic E-state index is 12.9. The number of rotatable bonds is 4. The molecule has 0 saturated carbocycles. The van der Waals surface area contributed by atoms with E-state index in [1.54, 1.807) is 12.1 Å². The molecule has 2 aromatic carbocycles. The van der Waals surface area contributed by atoms with Gasteiger partial charge in [-0.25, -0.2) is 9.37 Å². The topological polar surface area (TPSA) is 29.9 Å². The molecular formula is C17H18FN3. The Balaban J connectivity index is 1.76. The van der Waals surface area contributed by atoms with Gasteiger partial charge in [0.15, 0.2) is 0 Å². The highest BCUT2D eigenvalue weighted by atomic mass is 19.1. The SMILES string of the molecule is C[C@@H](NCc1ccc(F)cc1)c1nc2ccccc2n1C. The highest BCUT2D eigenvalue weighted by Crippen LogP contribution is 2.19. The van der Waals surface area contributed by atoms with Crippen molar-refractivity contribution in [2.24, 2.45) is 7.05 Å². The van der Waals surface area contributed by atoms with Gasteiger partial charge in [0.05, 0.1) is 17.1 Å². The number of nitrogens with zero attached hydrogens (tertiary/aromatic N) is 2. The Labute approximate surface area is 123 Å². The Kier molecular flexibility index (Phi) is 3.71. The third-order valence-electron chi connectivity index (χ3n) is 3.73. The van der Waals surface area contributed by atoms with Crippen molar-refractivity contribution >= 4 is 11.0 Å². The fourth-order valence-corrected chi connectivity index (χ4v) is 2.52. The van der Waals surface area contributed by atoms with E-state index in [1.165, 1.54) is 12.1 Å². The van der Waals surface area contributed by atoms with Crippen molar-refractivity contribution in [2.45, 2.75) is 19.5 Å². The molecule has 4 heteroatoms. The predicted molar refractivity (Wildman–Crippen MR) is 82.4 cm³/mol. The number of hydrogen-bond donors (Lipinski definition) is 1. The third kappa shape index (κ3) is 2.81. The van der Waals surface area contributed by atoms with Crippen LogP contribution in [0.4, 0.5) is 4.39 Å². The summed E-state index contributed by atoms with van der Waals surface area (Å²) in [7, 11) is 2.03. The van der Waals surface area contributed by atoms with E-state index in [0.717, 1.165) is 22.4 Å². The van der Waals surface area contributed by atoms with E-state index >= 15 is 0 Å². The van der Waals surface area contributed by atoms with Crippen LogP contribution < -0.4 is 5.32 Å². The van der Waals surface area contributed by atoms with Crippen LogP contribution in [0.15, 0.2) is 48.5 Å². The maximum atomic E-state index is 12.9. The van der Waals surface area contributed by atoms with E-state index in [2.05, 4.69) is 27.9 Å². The molecule has 0 fully saturated rings. The highest BCUT2D eigenvalue weighted by molar-refractivity contribution is 5.75. The number of imidazole rings is 1. The molecule has 0 saturated heterocycles. The zero-order chi connectivity index (χ0) is 14.8. The summed E-state index contributed by atoms with van der Waals surface area (Å²) < 4.78 is 15.0. The molecule has 21 heavy (non-hydrogen) atoms. The molecule has 3 aromatic rings. The Morgan fingerprint density at radius 1 is 1.14 bits per heavy atom. The highest BCUT2D eigenvalue weighted by Gasteiger charge is 2.13. The van der Waals surface area contributed by atoms with Crippen molar-refractivity contribution < 1.29 is 4.39 Å². The van der Waals surface area contributed by atoms with Gasteiger partial charge >= 0.3 is 0 Å². The number of aryl methyl sites for hydroxylation is 1. The van der Waals surface area contributed by atoms with Gasteiger partial charge in [-0.2, -0.15) is 0 Å². The maximum Gasteiger partial charge on any atom is 0.126 e. The number of aromatic nitrogens is 2. The second kappa shape index (κ2) is 5.66. The fourth-order valence-electron chi connectivity index (χ4n) is 2.52. The van der Waals surface area contributed by atoms with Crippen LogP contribution in [0, 0.1) is 5.82 Å². The minimum absolute atomic E-state index is 0.118. The summed E-state index contributed by atoms with van der Waals surface area (Å²) in [4.78, 5) is 4.68. The summed E-state index contributed by atoms with van der Waals surface area (Å²) in [6.45, 7) is 2.77. The fraction of sp³-hybridized carbons (Fsp3) is 0.235. The molecular weight excluding hydrogens is 265 g/mol. The second-order valence-corrected chi connectivity index (χ2v) is 5.25. The molecule has 1 N–H and O–H groups in total. The summed E-state index contributed by atoms with van der Waals surface area (Å²) in [5, 5.41) is 3.43. The molecule has 0 amide bonds. The van der Waals surface area contributed by atoms with Crippen LogP contribution in [0.2, 0.25) is 0 Å². The van der Waals surface area contributed by atoms with Gasteiger partial charge in [-0.1, -0.05) is 24.3 Å². The van der Waals surface area contributed by atoms with Gasteiger partial charge in [0.1, 0.15) is 11.6 Å². The lowest BCUT2D eigenvalue weighted by atomic mass is 10.2. The van der Waals surface area contributed by atoms with Crippen molar-refractivity contribution in [3.63, 3.8) is 0 Å². The molecule has 0 aliphatic carbocycles. The van der Waals surface area contributed by atoms with E-state index in [1.807, 2.05) is 25.2 Å². The molecule has 108 valence electrons. The molecule has 0 aliphatic heterocycles. The van der Waals surface area contributed by atoms with E-state index in [4.69, 9.17) is 0 Å². The third-order valence-corrected chi connectivity index (χ3v) is 3.73. The first kappa shape index (κ1) is 13.8. The molecule has 0 bridgehead atoms. The van der Waals surface area contributed by atoms with E-state index < -0.39 is 0 Å². The minimum Gasteiger partial charge on any atom is -0.330 e. The minimum atomic E-state index is -0.206. The smallest absolute Gasteiger partial charge is 0.126 e. The van der Waals surface area contributed by atoms with Gasteiger partial charge in [-0.15, -0.1) is 0 Å². The quantitative estimate of drug-likeness (QED) is 0.793. The van der Waals surface area contributed by atoms with Crippen LogP contribution in [-0.4, -0.2) is 9.55 Å². The first-order valence-corrected chi connectivity index (χ1v) is 7.04. The normalized spacial score (nSPS) is 12.7. The van der Waals surface area contributed by atoms with Crippen molar-refractivity contribution in [1.29, 1.82) is 0 Å². The second-order valence-electron chi connectivity index (χ2n) is 5.25. The molecule has 3 rings (SSSR count). The first-order chi connectivity index (χ1) is 10.1. The van der Waals surface area contributed by atoms with E-state index in [0.29, 0.717) is 6.54 Å². The number of para-hydroxylation sites is 2. The van der Waals surface area contributed by atoms with Crippen molar-refractivity contribution in [3.8, 4) is 0 Å². The van der Waals surface area contributed by atoms with Gasteiger partial charge in [0.2, 0.25) is 0 Å². The number of fused-ring (bicyclic) bond motifs is 1. The van der Waals surface area contributed by atoms with Gasteiger partial charge in [-0.05, 0) is 36.8 Å². The van der Waals surface area contributed by atoms with Crippen LogP contribution in [-0.2, 0) is 13.6 Å². The molecule has 3 nitrogen and oxygen atoms in total. The van der Waals surface area contributed by atoms with E-state index in [9.17, 15) is 4.39 Å². The van der Waals surface area contributed by atoms with Gasteiger partial charge < -0.3 is 9.88 Å². The lowest BCUT2D eigenvalue weighted by molar-refractivity contribution is 0.532. The summed E-state index contributed by atoms with van der Waals surface area (Å²) in [5.74, 6) is 0.792. The van der Waals surface area contributed by atoms with Crippen LogP contribution in [0.1, 0.15) is 24.4 Å². The van der Waals surface area contributed by atoms with Crippen LogP contribution in [0.25, 0.3) is 11.0 Å². The van der Waals surface area contributed by atoms with Crippen molar-refractivity contribution in [2.75, 3.05) is 0 Å². The molecule has 1 atom stereocenters. The van der Waals surface area contributed by atoms with E-state index in [-0.39, 0.29) is 11.9 Å². The van der Waals surface area contributed by atoms with Crippen LogP contribution >= 0.6 is 0 Å². The summed E-state index contributed by atoms with van der Waals surface area (Å²) in [5.41, 5.74) is 3.19. The first-order valence-electron chi connectivity index (χ1n) is 7.04. The summed E-state index contributed by atoms with van der Waals surface area (Å²) >= 11 is 0. The lowest BCUT2D eigenvalue weighted by Crippen LogP contribution is -2.21. The molecule has 0 spiro atoms. The van der Waals surface area contributed by atoms with Gasteiger partial charge in [0, 0.05) is 13.6 Å². The average Bonchev–Trinajstić information content (AvgIpc) is 2.84. The lowest BCUT2D eigenvalue weighted by Gasteiger charge is -2.14. The molecule has 0 unspecified atom stereocenters. The molecule has 0 aliphatic rings. The van der Waals surface area contributed by atoms with Gasteiger partial charge in [-0.3, -0.25) is 0 Å². The average molecular weight is 283 g/mol. The standard InChI is InChI=1S/C17H18FN3/c1-12(19-11-13-7-9-14(18)10-8-13)17-20-15-5-3-4-6-16(15)21(17)2/h3-10,12,19H,11H2,1-2H3/t12-/m1/s1. The largest absolute Gasteiger partial charge is 0.330 e. The number of halogens is 1. The summed E-state index contributed by atoms with van der Waals surface area (Å²) in [6, 6.07) is 14.8. The monoisotopic (exact) mass is 283 g/mol. The zero-order valence-corrected chi connectivity index (χ0v) is 12.2. The van der Waals surface area contributed by atoms with Gasteiger partial charge in [0.25, 0.3) is 0 Å². The Bertz CT molecular complexity index is 746. The Morgan fingerprint density at radius 3 is 2.57 bits per heavy atom. The molecule has 1 aromatic heterocycles.